The normalized spacial score (nSPS) is 23.1. The molecule has 0 spiro atoms. The van der Waals surface area contributed by atoms with Crippen molar-refractivity contribution in [2.75, 3.05) is 31.6 Å². The Bertz CT molecular complexity index is 493. The standard InChI is InChI=1S/C16H25FN2O2/c1-11(18-4)13-6-5-7-14(17)15(13)19-8-12(9-20)21-16(2,3)10-19/h5-7,11-12,18,20H,8-10H2,1-4H3. The molecule has 1 heterocycles. The van der Waals surface area contributed by atoms with E-state index in [0.717, 1.165) is 5.56 Å². The summed E-state index contributed by atoms with van der Waals surface area (Å²) < 4.78 is 20.3. The third-order valence-electron chi connectivity index (χ3n) is 3.92. The molecule has 118 valence electrons. The van der Waals surface area contributed by atoms with Crippen LogP contribution in [0, 0.1) is 5.82 Å². The lowest BCUT2D eigenvalue weighted by molar-refractivity contribution is -0.101. The van der Waals surface area contributed by atoms with Crippen LogP contribution in [0.2, 0.25) is 0 Å². The monoisotopic (exact) mass is 296 g/mol. The fraction of sp³-hybridized carbons (Fsp3) is 0.625. The summed E-state index contributed by atoms with van der Waals surface area (Å²) in [5.74, 6) is -0.232. The minimum atomic E-state index is -0.423. The van der Waals surface area contributed by atoms with Gasteiger partial charge in [0.25, 0.3) is 0 Å². The molecule has 2 N–H and O–H groups in total. The first-order valence-electron chi connectivity index (χ1n) is 7.37. The highest BCUT2D eigenvalue weighted by Gasteiger charge is 2.35. The number of hydrogen-bond acceptors (Lipinski definition) is 4. The zero-order valence-corrected chi connectivity index (χ0v) is 13.2. The van der Waals surface area contributed by atoms with Gasteiger partial charge in [-0.2, -0.15) is 0 Å². The van der Waals surface area contributed by atoms with E-state index in [1.807, 2.05) is 38.8 Å². The van der Waals surface area contributed by atoms with Crippen molar-refractivity contribution in [1.29, 1.82) is 0 Å². The Morgan fingerprint density at radius 3 is 2.86 bits per heavy atom. The summed E-state index contributed by atoms with van der Waals surface area (Å²) in [6.45, 7) is 6.95. The molecule has 0 saturated carbocycles. The van der Waals surface area contributed by atoms with E-state index in [-0.39, 0.29) is 24.6 Å². The summed E-state index contributed by atoms with van der Waals surface area (Å²) in [4.78, 5) is 1.99. The number of benzene rings is 1. The fourth-order valence-electron chi connectivity index (χ4n) is 2.93. The van der Waals surface area contributed by atoms with Crippen LogP contribution < -0.4 is 10.2 Å². The molecule has 1 aliphatic rings. The van der Waals surface area contributed by atoms with Crippen LogP contribution in [-0.2, 0) is 4.74 Å². The number of aliphatic hydroxyl groups is 1. The van der Waals surface area contributed by atoms with Crippen molar-refractivity contribution in [2.45, 2.75) is 38.5 Å². The number of aliphatic hydroxyl groups excluding tert-OH is 1. The zero-order valence-electron chi connectivity index (χ0n) is 13.2. The van der Waals surface area contributed by atoms with Crippen molar-refractivity contribution in [1.82, 2.24) is 5.32 Å². The molecule has 2 unspecified atom stereocenters. The maximum atomic E-state index is 14.4. The van der Waals surface area contributed by atoms with Gasteiger partial charge in [-0.05, 0) is 39.4 Å². The van der Waals surface area contributed by atoms with Crippen LogP contribution in [0.4, 0.5) is 10.1 Å². The predicted molar refractivity (Wildman–Crippen MR) is 82.1 cm³/mol. The third kappa shape index (κ3) is 3.54. The molecule has 21 heavy (non-hydrogen) atoms. The molecule has 0 radical (unpaired) electrons. The highest BCUT2D eigenvalue weighted by atomic mass is 19.1. The van der Waals surface area contributed by atoms with Gasteiger partial charge in [-0.1, -0.05) is 12.1 Å². The molecule has 1 saturated heterocycles. The van der Waals surface area contributed by atoms with E-state index in [4.69, 9.17) is 4.74 Å². The maximum Gasteiger partial charge on any atom is 0.146 e. The zero-order chi connectivity index (χ0) is 15.6. The molecule has 0 amide bonds. The lowest BCUT2D eigenvalue weighted by Crippen LogP contribution is -2.54. The summed E-state index contributed by atoms with van der Waals surface area (Å²) in [5, 5.41) is 12.6. The quantitative estimate of drug-likeness (QED) is 0.893. The van der Waals surface area contributed by atoms with Gasteiger partial charge in [0.15, 0.2) is 0 Å². The molecule has 0 bridgehead atoms. The Morgan fingerprint density at radius 1 is 1.52 bits per heavy atom. The van der Waals surface area contributed by atoms with Crippen LogP contribution in [0.25, 0.3) is 0 Å². The highest BCUT2D eigenvalue weighted by Crippen LogP contribution is 2.33. The van der Waals surface area contributed by atoms with Crippen molar-refractivity contribution in [3.8, 4) is 0 Å². The lowest BCUT2D eigenvalue weighted by atomic mass is 10.00. The highest BCUT2D eigenvalue weighted by molar-refractivity contribution is 5.57. The molecule has 0 aromatic heterocycles. The molecule has 2 atom stereocenters. The molecular formula is C16H25FN2O2. The van der Waals surface area contributed by atoms with Crippen LogP contribution >= 0.6 is 0 Å². The second-order valence-corrected chi connectivity index (χ2v) is 6.25. The number of halogens is 1. The van der Waals surface area contributed by atoms with E-state index in [1.54, 1.807) is 6.07 Å². The van der Waals surface area contributed by atoms with Gasteiger partial charge in [-0.3, -0.25) is 0 Å². The average Bonchev–Trinajstić information content (AvgIpc) is 2.44. The third-order valence-corrected chi connectivity index (χ3v) is 3.92. The number of ether oxygens (including phenoxy) is 1. The number of rotatable bonds is 4. The van der Waals surface area contributed by atoms with Gasteiger partial charge in [0.1, 0.15) is 5.82 Å². The summed E-state index contributed by atoms with van der Waals surface area (Å²) in [7, 11) is 1.86. The van der Waals surface area contributed by atoms with Crippen molar-refractivity contribution in [3.05, 3.63) is 29.6 Å². The number of para-hydroxylation sites is 1. The second-order valence-electron chi connectivity index (χ2n) is 6.25. The molecule has 2 rings (SSSR count). The minimum Gasteiger partial charge on any atom is -0.394 e. The first-order valence-corrected chi connectivity index (χ1v) is 7.37. The smallest absolute Gasteiger partial charge is 0.146 e. The molecule has 1 aliphatic heterocycles. The Morgan fingerprint density at radius 2 is 2.24 bits per heavy atom. The van der Waals surface area contributed by atoms with E-state index in [1.165, 1.54) is 6.07 Å². The molecule has 1 aromatic carbocycles. The van der Waals surface area contributed by atoms with Crippen LogP contribution in [0.1, 0.15) is 32.4 Å². The van der Waals surface area contributed by atoms with Gasteiger partial charge in [0.05, 0.1) is 24.0 Å². The molecule has 1 fully saturated rings. The number of hydrogen-bond donors (Lipinski definition) is 2. The molecule has 4 nitrogen and oxygen atoms in total. The minimum absolute atomic E-state index is 0.0502. The summed E-state index contributed by atoms with van der Waals surface area (Å²) in [6, 6.07) is 5.21. The van der Waals surface area contributed by atoms with Crippen molar-refractivity contribution in [3.63, 3.8) is 0 Å². The number of morpholine rings is 1. The Hall–Kier alpha value is -1.17. The first kappa shape index (κ1) is 16.2. The van der Waals surface area contributed by atoms with E-state index in [2.05, 4.69) is 5.32 Å². The van der Waals surface area contributed by atoms with Crippen LogP contribution in [0.3, 0.4) is 0 Å². The van der Waals surface area contributed by atoms with Crippen LogP contribution in [0.15, 0.2) is 18.2 Å². The largest absolute Gasteiger partial charge is 0.394 e. The summed E-state index contributed by atoms with van der Waals surface area (Å²) >= 11 is 0. The van der Waals surface area contributed by atoms with Crippen molar-refractivity contribution in [2.24, 2.45) is 0 Å². The van der Waals surface area contributed by atoms with Gasteiger partial charge in [0.2, 0.25) is 0 Å². The second kappa shape index (κ2) is 6.30. The predicted octanol–water partition coefficient (Wildman–Crippen LogP) is 2.08. The molecule has 1 aromatic rings. The van der Waals surface area contributed by atoms with E-state index >= 15 is 0 Å². The van der Waals surface area contributed by atoms with E-state index < -0.39 is 5.60 Å². The van der Waals surface area contributed by atoms with Gasteiger partial charge in [-0.15, -0.1) is 0 Å². The van der Waals surface area contributed by atoms with Crippen molar-refractivity contribution >= 4 is 5.69 Å². The van der Waals surface area contributed by atoms with Gasteiger partial charge >= 0.3 is 0 Å². The SMILES string of the molecule is CNC(C)c1cccc(F)c1N1CC(CO)OC(C)(C)C1. The summed E-state index contributed by atoms with van der Waals surface area (Å²) in [6.07, 6.45) is -0.300. The lowest BCUT2D eigenvalue weighted by Gasteiger charge is -2.44. The number of anilines is 1. The van der Waals surface area contributed by atoms with E-state index in [0.29, 0.717) is 18.8 Å². The Labute approximate surface area is 125 Å². The molecule has 0 aliphatic carbocycles. The Kier molecular flexibility index (Phi) is 4.86. The summed E-state index contributed by atoms with van der Waals surface area (Å²) in [5.41, 5.74) is 1.11. The number of nitrogens with one attached hydrogen (secondary N) is 1. The average molecular weight is 296 g/mol. The first-order chi connectivity index (χ1) is 9.88. The van der Waals surface area contributed by atoms with Crippen LogP contribution in [0.5, 0.6) is 0 Å². The number of nitrogens with zero attached hydrogens (tertiary/aromatic N) is 1. The maximum absolute atomic E-state index is 14.4. The van der Waals surface area contributed by atoms with E-state index in [9.17, 15) is 9.50 Å². The molecular weight excluding hydrogens is 271 g/mol. The van der Waals surface area contributed by atoms with Crippen LogP contribution in [-0.4, -0.2) is 43.6 Å². The van der Waals surface area contributed by atoms with Gasteiger partial charge in [0, 0.05) is 19.1 Å². The van der Waals surface area contributed by atoms with Gasteiger partial charge < -0.3 is 20.1 Å². The van der Waals surface area contributed by atoms with Gasteiger partial charge in [-0.25, -0.2) is 4.39 Å². The molecule has 5 heteroatoms. The topological polar surface area (TPSA) is 44.7 Å². The fourth-order valence-corrected chi connectivity index (χ4v) is 2.93. The van der Waals surface area contributed by atoms with Crippen molar-refractivity contribution < 1.29 is 14.2 Å². The Balaban J connectivity index is 2.40.